The molecule has 0 heterocycles. The number of rotatable bonds is 6. The van der Waals surface area contributed by atoms with Crippen molar-refractivity contribution in [2.45, 2.75) is 51.7 Å². The second-order valence-electron chi connectivity index (χ2n) is 5.69. The van der Waals surface area contributed by atoms with Crippen LogP contribution in [0.25, 0.3) is 0 Å². The number of non-ortho nitro benzene ring substituents is 1. The van der Waals surface area contributed by atoms with E-state index in [0.717, 1.165) is 24.2 Å². The van der Waals surface area contributed by atoms with Gasteiger partial charge in [-0.05, 0) is 44.7 Å². The van der Waals surface area contributed by atoms with Crippen LogP contribution in [0.3, 0.4) is 0 Å². The normalized spacial score (nSPS) is 22.0. The van der Waals surface area contributed by atoms with Gasteiger partial charge in [0.2, 0.25) is 0 Å². The van der Waals surface area contributed by atoms with E-state index >= 15 is 0 Å². The molecule has 5 heteroatoms. The zero-order valence-electron chi connectivity index (χ0n) is 12.8. The predicted octanol–water partition coefficient (Wildman–Crippen LogP) is 3.66. The van der Waals surface area contributed by atoms with Gasteiger partial charge in [-0.1, -0.05) is 13.3 Å². The van der Waals surface area contributed by atoms with Crippen LogP contribution in [0.5, 0.6) is 5.75 Å². The van der Waals surface area contributed by atoms with Crippen LogP contribution in [0, 0.1) is 16.0 Å². The van der Waals surface area contributed by atoms with Gasteiger partial charge in [0.1, 0.15) is 11.9 Å². The van der Waals surface area contributed by atoms with Gasteiger partial charge >= 0.3 is 0 Å². The van der Waals surface area contributed by atoms with Crippen molar-refractivity contribution in [3.63, 3.8) is 0 Å². The van der Waals surface area contributed by atoms with Crippen molar-refractivity contribution in [3.05, 3.63) is 33.9 Å². The molecule has 0 radical (unpaired) electrons. The number of hydrogen-bond acceptors (Lipinski definition) is 4. The molecule has 1 aromatic carbocycles. The minimum Gasteiger partial charge on any atom is -0.490 e. The zero-order chi connectivity index (χ0) is 15.2. The zero-order valence-corrected chi connectivity index (χ0v) is 12.8. The van der Waals surface area contributed by atoms with E-state index in [1.807, 2.05) is 7.05 Å². The molecule has 21 heavy (non-hydrogen) atoms. The Bertz CT molecular complexity index is 490. The molecular weight excluding hydrogens is 268 g/mol. The van der Waals surface area contributed by atoms with E-state index < -0.39 is 0 Å². The summed E-state index contributed by atoms with van der Waals surface area (Å²) < 4.78 is 6.21. The SMILES string of the molecule is CCC1CCCCC1Oc1ccc([N+](=O)[O-])cc1CNC. The van der Waals surface area contributed by atoms with E-state index in [-0.39, 0.29) is 16.7 Å². The Morgan fingerprint density at radius 2 is 2.14 bits per heavy atom. The lowest BCUT2D eigenvalue weighted by atomic mass is 9.84. The van der Waals surface area contributed by atoms with Gasteiger partial charge in [-0.25, -0.2) is 0 Å². The van der Waals surface area contributed by atoms with Crippen LogP contribution >= 0.6 is 0 Å². The third kappa shape index (κ3) is 3.94. The third-order valence-electron chi connectivity index (χ3n) is 4.26. The van der Waals surface area contributed by atoms with Crippen molar-refractivity contribution in [1.82, 2.24) is 5.32 Å². The summed E-state index contributed by atoms with van der Waals surface area (Å²) in [6, 6.07) is 4.88. The van der Waals surface area contributed by atoms with Crippen LogP contribution in [-0.4, -0.2) is 18.1 Å². The minimum absolute atomic E-state index is 0.114. The summed E-state index contributed by atoms with van der Waals surface area (Å²) in [5.41, 5.74) is 0.968. The molecular formula is C16H24N2O3. The van der Waals surface area contributed by atoms with Gasteiger partial charge in [0.15, 0.2) is 0 Å². The molecule has 0 saturated heterocycles. The molecule has 0 bridgehead atoms. The number of nitrogens with zero attached hydrogens (tertiary/aromatic N) is 1. The maximum atomic E-state index is 10.9. The molecule has 0 aromatic heterocycles. The molecule has 0 aliphatic heterocycles. The molecule has 1 N–H and O–H groups in total. The molecule has 116 valence electrons. The van der Waals surface area contributed by atoms with E-state index in [4.69, 9.17) is 4.74 Å². The molecule has 2 unspecified atom stereocenters. The van der Waals surface area contributed by atoms with Crippen LogP contribution in [-0.2, 0) is 6.54 Å². The largest absolute Gasteiger partial charge is 0.490 e. The first-order valence-corrected chi connectivity index (χ1v) is 7.74. The lowest BCUT2D eigenvalue weighted by Gasteiger charge is -2.31. The van der Waals surface area contributed by atoms with Crippen molar-refractivity contribution in [2.24, 2.45) is 5.92 Å². The van der Waals surface area contributed by atoms with E-state index in [1.54, 1.807) is 12.1 Å². The lowest BCUT2D eigenvalue weighted by Crippen LogP contribution is -2.30. The second kappa shape index (κ2) is 7.41. The first-order valence-electron chi connectivity index (χ1n) is 7.74. The van der Waals surface area contributed by atoms with Gasteiger partial charge in [0.05, 0.1) is 4.92 Å². The van der Waals surface area contributed by atoms with Gasteiger partial charge in [0.25, 0.3) is 5.69 Å². The van der Waals surface area contributed by atoms with Gasteiger partial charge < -0.3 is 10.1 Å². The Morgan fingerprint density at radius 1 is 1.38 bits per heavy atom. The van der Waals surface area contributed by atoms with Crippen LogP contribution in [0.1, 0.15) is 44.6 Å². The summed E-state index contributed by atoms with van der Waals surface area (Å²) in [6.45, 7) is 2.78. The standard InChI is InChI=1S/C16H24N2O3/c1-3-12-6-4-5-7-15(12)21-16-9-8-14(18(19)20)10-13(16)11-17-2/h8-10,12,15,17H,3-7,11H2,1-2H3. The molecule has 2 rings (SSSR count). The Kier molecular flexibility index (Phi) is 5.56. The van der Waals surface area contributed by atoms with E-state index in [1.165, 1.54) is 25.3 Å². The molecule has 0 amide bonds. The molecule has 1 aliphatic carbocycles. The first kappa shape index (κ1) is 15.8. The maximum Gasteiger partial charge on any atom is 0.270 e. The summed E-state index contributed by atoms with van der Waals surface area (Å²) in [4.78, 5) is 10.5. The third-order valence-corrected chi connectivity index (χ3v) is 4.26. The van der Waals surface area contributed by atoms with Crippen molar-refractivity contribution in [2.75, 3.05) is 7.05 Å². The number of nitrogens with one attached hydrogen (secondary N) is 1. The average molecular weight is 292 g/mol. The Hall–Kier alpha value is -1.62. The average Bonchev–Trinajstić information content (AvgIpc) is 2.49. The fraction of sp³-hybridized carbons (Fsp3) is 0.625. The van der Waals surface area contributed by atoms with Gasteiger partial charge in [-0.3, -0.25) is 10.1 Å². The van der Waals surface area contributed by atoms with Crippen LogP contribution in [0.15, 0.2) is 18.2 Å². The number of nitro groups is 1. The smallest absolute Gasteiger partial charge is 0.270 e. The molecule has 1 aliphatic rings. The maximum absolute atomic E-state index is 10.9. The highest BCUT2D eigenvalue weighted by Crippen LogP contribution is 2.32. The van der Waals surface area contributed by atoms with Crippen molar-refractivity contribution >= 4 is 5.69 Å². The summed E-state index contributed by atoms with van der Waals surface area (Å²) in [7, 11) is 1.83. The predicted molar refractivity (Wildman–Crippen MR) is 82.5 cm³/mol. The van der Waals surface area contributed by atoms with E-state index in [2.05, 4.69) is 12.2 Å². The highest BCUT2D eigenvalue weighted by Gasteiger charge is 2.26. The fourth-order valence-corrected chi connectivity index (χ4v) is 3.08. The monoisotopic (exact) mass is 292 g/mol. The Labute approximate surface area is 125 Å². The van der Waals surface area contributed by atoms with Crippen molar-refractivity contribution in [1.29, 1.82) is 0 Å². The minimum atomic E-state index is -0.363. The molecule has 2 atom stereocenters. The van der Waals surface area contributed by atoms with Gasteiger partial charge in [-0.15, -0.1) is 0 Å². The molecule has 0 spiro atoms. The Morgan fingerprint density at radius 3 is 2.81 bits per heavy atom. The summed E-state index contributed by atoms with van der Waals surface area (Å²) in [5.74, 6) is 1.37. The molecule has 1 aromatic rings. The van der Waals surface area contributed by atoms with E-state index in [0.29, 0.717) is 12.5 Å². The first-order chi connectivity index (χ1) is 10.2. The highest BCUT2D eigenvalue weighted by atomic mass is 16.6. The van der Waals surface area contributed by atoms with Gasteiger partial charge in [0, 0.05) is 24.2 Å². The summed E-state index contributed by atoms with van der Waals surface area (Å²) >= 11 is 0. The second-order valence-corrected chi connectivity index (χ2v) is 5.69. The number of nitro benzene ring substituents is 1. The fourth-order valence-electron chi connectivity index (χ4n) is 3.08. The highest BCUT2D eigenvalue weighted by molar-refractivity contribution is 5.44. The quantitative estimate of drug-likeness (QED) is 0.642. The Balaban J connectivity index is 2.19. The molecule has 1 saturated carbocycles. The molecule has 5 nitrogen and oxygen atoms in total. The number of ether oxygens (including phenoxy) is 1. The van der Waals surface area contributed by atoms with Crippen molar-refractivity contribution in [3.8, 4) is 5.75 Å². The summed E-state index contributed by atoms with van der Waals surface area (Å²) in [6.07, 6.45) is 6.14. The summed E-state index contributed by atoms with van der Waals surface area (Å²) in [5, 5.41) is 14.0. The van der Waals surface area contributed by atoms with Crippen LogP contribution < -0.4 is 10.1 Å². The van der Waals surface area contributed by atoms with Gasteiger partial charge in [-0.2, -0.15) is 0 Å². The molecule has 1 fully saturated rings. The lowest BCUT2D eigenvalue weighted by molar-refractivity contribution is -0.384. The van der Waals surface area contributed by atoms with E-state index in [9.17, 15) is 10.1 Å². The number of benzene rings is 1. The number of hydrogen-bond donors (Lipinski definition) is 1. The van der Waals surface area contributed by atoms with Crippen LogP contribution in [0.2, 0.25) is 0 Å². The van der Waals surface area contributed by atoms with Crippen LogP contribution in [0.4, 0.5) is 5.69 Å². The van der Waals surface area contributed by atoms with Crippen molar-refractivity contribution < 1.29 is 9.66 Å². The topological polar surface area (TPSA) is 64.4 Å².